The minimum atomic E-state index is -0.794. The summed E-state index contributed by atoms with van der Waals surface area (Å²) in [5, 5.41) is 18.4. The molecule has 0 saturated carbocycles. The third kappa shape index (κ3) is 4.37. The summed E-state index contributed by atoms with van der Waals surface area (Å²) in [5.74, 6) is -0.783. The number of halogens is 1. The van der Waals surface area contributed by atoms with Crippen molar-refractivity contribution in [2.75, 3.05) is 0 Å². The monoisotopic (exact) mass is 439 g/mol. The van der Waals surface area contributed by atoms with Crippen molar-refractivity contribution in [2.45, 2.75) is 13.0 Å². The molecule has 0 aliphatic heterocycles. The maximum Gasteiger partial charge on any atom is 0.262 e. The Bertz CT molecular complexity index is 1070. The van der Waals surface area contributed by atoms with Gasteiger partial charge in [0.25, 0.3) is 11.8 Å². The first kappa shape index (κ1) is 19.6. The largest absolute Gasteiger partial charge is 0.507 e. The second kappa shape index (κ2) is 8.67. The lowest BCUT2D eigenvalue weighted by Gasteiger charge is -2.13. The molecule has 6 nitrogen and oxygen atoms in total. The molecule has 0 fully saturated rings. The molecule has 0 bridgehead atoms. The number of carbonyl (C=O) groups is 2. The third-order valence-corrected chi connectivity index (χ3v) is 4.87. The van der Waals surface area contributed by atoms with Gasteiger partial charge in [-0.3, -0.25) is 9.59 Å². The van der Waals surface area contributed by atoms with E-state index >= 15 is 0 Å². The molecule has 28 heavy (non-hydrogen) atoms. The Morgan fingerprint density at radius 3 is 2.57 bits per heavy atom. The molecule has 0 heterocycles. The number of amides is 2. The number of hydrogen-bond acceptors (Lipinski definition) is 4. The van der Waals surface area contributed by atoms with Gasteiger partial charge in [0.15, 0.2) is 0 Å². The molecule has 3 aromatic carbocycles. The molecule has 0 aliphatic rings. The van der Waals surface area contributed by atoms with Crippen LogP contribution in [0.5, 0.6) is 5.75 Å². The van der Waals surface area contributed by atoms with Gasteiger partial charge in [-0.2, -0.15) is 5.10 Å². The van der Waals surface area contributed by atoms with Crippen molar-refractivity contribution in [1.82, 2.24) is 10.7 Å². The summed E-state index contributed by atoms with van der Waals surface area (Å²) in [4.78, 5) is 24.5. The first-order valence-electron chi connectivity index (χ1n) is 8.56. The standard InChI is InChI=1S/C21H18BrN3O3/c1-13(24-21(28)16-8-4-5-9-18(16)22)20(27)25-23-12-17-15-7-3-2-6-14(15)10-11-19(17)26/h2-13,26H,1H3,(H,24,28)(H,25,27)/b23-12+. The molecule has 142 valence electrons. The lowest BCUT2D eigenvalue weighted by Crippen LogP contribution is -2.43. The van der Waals surface area contributed by atoms with E-state index in [4.69, 9.17) is 0 Å². The van der Waals surface area contributed by atoms with Gasteiger partial charge in [0.2, 0.25) is 0 Å². The SMILES string of the molecule is CC(NC(=O)c1ccccc1Br)C(=O)N/N=C/c1c(O)ccc2ccccc12. The number of phenols is 1. The predicted octanol–water partition coefficient (Wildman–Crippen LogP) is 3.58. The first-order valence-corrected chi connectivity index (χ1v) is 9.35. The number of rotatable bonds is 5. The second-order valence-electron chi connectivity index (χ2n) is 6.13. The quantitative estimate of drug-likeness (QED) is 0.419. The highest BCUT2D eigenvalue weighted by Gasteiger charge is 2.17. The van der Waals surface area contributed by atoms with E-state index < -0.39 is 11.9 Å². The van der Waals surface area contributed by atoms with Gasteiger partial charge in [-0.05, 0) is 51.8 Å². The van der Waals surface area contributed by atoms with Crippen molar-refractivity contribution in [2.24, 2.45) is 5.10 Å². The van der Waals surface area contributed by atoms with Crippen LogP contribution in [0, 0.1) is 0 Å². The summed E-state index contributed by atoms with van der Waals surface area (Å²) in [6.07, 6.45) is 1.39. The number of hydrogen-bond donors (Lipinski definition) is 3. The van der Waals surface area contributed by atoms with E-state index in [9.17, 15) is 14.7 Å². The Morgan fingerprint density at radius 1 is 1.07 bits per heavy atom. The smallest absolute Gasteiger partial charge is 0.262 e. The summed E-state index contributed by atoms with van der Waals surface area (Å²) < 4.78 is 0.643. The van der Waals surface area contributed by atoms with Crippen molar-refractivity contribution in [3.63, 3.8) is 0 Å². The molecule has 0 radical (unpaired) electrons. The molecule has 3 rings (SSSR count). The molecule has 3 aromatic rings. The van der Waals surface area contributed by atoms with Gasteiger partial charge in [-0.25, -0.2) is 5.43 Å². The Morgan fingerprint density at radius 2 is 1.79 bits per heavy atom. The first-order chi connectivity index (χ1) is 13.5. The molecule has 2 amide bonds. The number of phenolic OH excluding ortho intramolecular Hbond substituents is 1. The van der Waals surface area contributed by atoms with Crippen LogP contribution in [0.3, 0.4) is 0 Å². The zero-order valence-corrected chi connectivity index (χ0v) is 16.6. The van der Waals surface area contributed by atoms with E-state index in [0.29, 0.717) is 15.6 Å². The number of nitrogens with zero attached hydrogens (tertiary/aromatic N) is 1. The molecule has 1 unspecified atom stereocenters. The second-order valence-corrected chi connectivity index (χ2v) is 6.98. The maximum atomic E-state index is 12.3. The van der Waals surface area contributed by atoms with Crippen molar-refractivity contribution in [3.05, 3.63) is 76.3 Å². The molecule has 0 aromatic heterocycles. The third-order valence-electron chi connectivity index (χ3n) is 4.18. The summed E-state index contributed by atoms with van der Waals surface area (Å²) in [7, 11) is 0. The average molecular weight is 440 g/mol. The van der Waals surface area contributed by atoms with Crippen LogP contribution >= 0.6 is 15.9 Å². The van der Waals surface area contributed by atoms with Crippen LogP contribution < -0.4 is 10.7 Å². The van der Waals surface area contributed by atoms with Crippen molar-refractivity contribution >= 4 is 44.7 Å². The fourth-order valence-corrected chi connectivity index (χ4v) is 3.13. The van der Waals surface area contributed by atoms with Crippen LogP contribution in [0.15, 0.2) is 70.2 Å². The highest BCUT2D eigenvalue weighted by atomic mass is 79.9. The summed E-state index contributed by atoms with van der Waals surface area (Å²) >= 11 is 3.31. The minimum Gasteiger partial charge on any atom is -0.507 e. The van der Waals surface area contributed by atoms with Gasteiger partial charge < -0.3 is 10.4 Å². The van der Waals surface area contributed by atoms with E-state index in [1.807, 2.05) is 24.3 Å². The van der Waals surface area contributed by atoms with Crippen LogP contribution in [-0.2, 0) is 4.79 Å². The van der Waals surface area contributed by atoms with Crippen LogP contribution in [-0.4, -0.2) is 29.2 Å². The van der Waals surface area contributed by atoms with E-state index in [1.165, 1.54) is 6.21 Å². The number of hydrazone groups is 1. The molecule has 0 aliphatic carbocycles. The lowest BCUT2D eigenvalue weighted by atomic mass is 10.0. The lowest BCUT2D eigenvalue weighted by molar-refractivity contribution is -0.122. The molecule has 3 N–H and O–H groups in total. The molecule has 1 atom stereocenters. The van der Waals surface area contributed by atoms with Crippen LogP contribution in [0.2, 0.25) is 0 Å². The normalized spacial score (nSPS) is 12.1. The Hall–Kier alpha value is -3.19. The van der Waals surface area contributed by atoms with E-state index in [-0.39, 0.29) is 11.7 Å². The van der Waals surface area contributed by atoms with Gasteiger partial charge in [0.05, 0.1) is 11.8 Å². The topological polar surface area (TPSA) is 90.8 Å². The Kier molecular flexibility index (Phi) is 6.06. The van der Waals surface area contributed by atoms with Crippen LogP contribution in [0.1, 0.15) is 22.8 Å². The summed E-state index contributed by atoms with van der Waals surface area (Å²) in [6.45, 7) is 1.56. The number of aromatic hydroxyl groups is 1. The van der Waals surface area contributed by atoms with Crippen LogP contribution in [0.4, 0.5) is 0 Å². The number of carbonyl (C=O) groups excluding carboxylic acids is 2. The number of fused-ring (bicyclic) bond motifs is 1. The average Bonchev–Trinajstić information content (AvgIpc) is 2.69. The van der Waals surface area contributed by atoms with Crippen molar-refractivity contribution in [3.8, 4) is 5.75 Å². The molecule has 0 saturated heterocycles. The number of benzene rings is 3. The van der Waals surface area contributed by atoms with Gasteiger partial charge >= 0.3 is 0 Å². The van der Waals surface area contributed by atoms with Gasteiger partial charge in [-0.1, -0.05) is 42.5 Å². The predicted molar refractivity (Wildman–Crippen MR) is 112 cm³/mol. The maximum absolute atomic E-state index is 12.3. The number of nitrogens with one attached hydrogen (secondary N) is 2. The molecular formula is C21H18BrN3O3. The molecule has 0 spiro atoms. The fourth-order valence-electron chi connectivity index (χ4n) is 2.66. The fraction of sp³-hybridized carbons (Fsp3) is 0.0952. The highest BCUT2D eigenvalue weighted by molar-refractivity contribution is 9.10. The Balaban J connectivity index is 1.66. The molecular weight excluding hydrogens is 422 g/mol. The zero-order chi connectivity index (χ0) is 20.1. The van der Waals surface area contributed by atoms with Gasteiger partial charge in [0.1, 0.15) is 11.8 Å². The van der Waals surface area contributed by atoms with Gasteiger partial charge in [0, 0.05) is 10.0 Å². The zero-order valence-electron chi connectivity index (χ0n) is 15.0. The Labute approximate surface area is 170 Å². The summed E-state index contributed by atoms with van der Waals surface area (Å²) in [5.41, 5.74) is 3.33. The van der Waals surface area contributed by atoms with E-state index in [1.54, 1.807) is 43.3 Å². The van der Waals surface area contributed by atoms with E-state index in [0.717, 1.165) is 10.8 Å². The minimum absolute atomic E-state index is 0.0620. The van der Waals surface area contributed by atoms with Crippen LogP contribution in [0.25, 0.3) is 10.8 Å². The van der Waals surface area contributed by atoms with Crippen molar-refractivity contribution in [1.29, 1.82) is 0 Å². The molecule has 7 heteroatoms. The van der Waals surface area contributed by atoms with Gasteiger partial charge in [-0.15, -0.1) is 0 Å². The summed E-state index contributed by atoms with van der Waals surface area (Å²) in [6, 6.07) is 17.1. The highest BCUT2D eigenvalue weighted by Crippen LogP contribution is 2.25. The van der Waals surface area contributed by atoms with Crippen molar-refractivity contribution < 1.29 is 14.7 Å². The van der Waals surface area contributed by atoms with E-state index in [2.05, 4.69) is 31.8 Å².